The smallest absolute Gasteiger partial charge is 0.227 e. The fourth-order valence-corrected chi connectivity index (χ4v) is 4.75. The summed E-state index contributed by atoms with van der Waals surface area (Å²) < 4.78 is 24.6. The number of anilines is 1. The van der Waals surface area contributed by atoms with Crippen LogP contribution in [0.15, 0.2) is 29.0 Å². The molecule has 1 fully saturated rings. The Labute approximate surface area is 191 Å². The van der Waals surface area contributed by atoms with E-state index in [-0.39, 0.29) is 17.9 Å². The van der Waals surface area contributed by atoms with Gasteiger partial charge in [0.1, 0.15) is 23.6 Å². The molecule has 0 unspecified atom stereocenters. The molecule has 8 nitrogen and oxygen atoms in total. The van der Waals surface area contributed by atoms with Crippen LogP contribution in [0, 0.1) is 19.7 Å². The molecular formula is C24H26FN5O3. The Morgan fingerprint density at radius 1 is 1.30 bits per heavy atom. The third kappa shape index (κ3) is 4.03. The Bertz CT molecular complexity index is 1230. The Kier molecular flexibility index (Phi) is 5.26. The highest BCUT2D eigenvalue weighted by Crippen LogP contribution is 2.38. The third-order valence-corrected chi connectivity index (χ3v) is 6.61. The van der Waals surface area contributed by atoms with E-state index in [2.05, 4.69) is 21.4 Å². The number of ether oxygens (including phenoxy) is 1. The van der Waals surface area contributed by atoms with E-state index in [4.69, 9.17) is 14.1 Å². The quantitative estimate of drug-likeness (QED) is 0.649. The zero-order valence-corrected chi connectivity index (χ0v) is 18.9. The summed E-state index contributed by atoms with van der Waals surface area (Å²) in [6.45, 7) is 4.98. The van der Waals surface area contributed by atoms with E-state index < -0.39 is 5.82 Å². The first-order chi connectivity index (χ1) is 15.9. The number of likely N-dealkylation sites (tertiary alicyclic amines) is 1. The minimum Gasteiger partial charge on any atom is -0.481 e. The van der Waals surface area contributed by atoms with Gasteiger partial charge in [-0.05, 0) is 37.8 Å². The summed E-state index contributed by atoms with van der Waals surface area (Å²) in [5.41, 5.74) is 3.85. The van der Waals surface area contributed by atoms with Crippen molar-refractivity contribution in [3.63, 3.8) is 0 Å². The third-order valence-electron chi connectivity index (χ3n) is 6.61. The molecule has 0 aromatic carbocycles. The molecule has 0 radical (unpaired) electrons. The van der Waals surface area contributed by atoms with E-state index in [1.165, 1.54) is 13.2 Å². The van der Waals surface area contributed by atoms with E-state index in [0.29, 0.717) is 30.4 Å². The van der Waals surface area contributed by atoms with Gasteiger partial charge in [-0.3, -0.25) is 4.79 Å². The average Bonchev–Trinajstić information content (AvgIpc) is 3.41. The number of oxazole rings is 1. The van der Waals surface area contributed by atoms with E-state index in [9.17, 15) is 9.18 Å². The maximum atomic E-state index is 14.1. The Hall–Kier alpha value is -3.49. The molecule has 1 spiro atoms. The van der Waals surface area contributed by atoms with Crippen LogP contribution in [0.25, 0.3) is 11.3 Å². The van der Waals surface area contributed by atoms with Crippen LogP contribution in [0.4, 0.5) is 10.2 Å². The number of carbonyl (C=O) groups is 1. The number of hydrogen-bond donors (Lipinski definition) is 1. The van der Waals surface area contributed by atoms with Crippen molar-refractivity contribution < 1.29 is 18.3 Å². The monoisotopic (exact) mass is 451 g/mol. The number of hydrogen-bond acceptors (Lipinski definition) is 7. The van der Waals surface area contributed by atoms with Gasteiger partial charge < -0.3 is 19.4 Å². The molecule has 0 bridgehead atoms. The summed E-state index contributed by atoms with van der Waals surface area (Å²) in [4.78, 5) is 27.8. The Morgan fingerprint density at radius 3 is 2.91 bits per heavy atom. The molecule has 0 saturated carbocycles. The van der Waals surface area contributed by atoms with E-state index in [1.807, 2.05) is 18.7 Å². The SMILES string of the molecule is COc1cc(CC(=O)N2CC[C@@]3(CCc4cc(-c5coc(C)n5)c(C)nc4N3)C2)c(F)cn1. The summed E-state index contributed by atoms with van der Waals surface area (Å²) in [6, 6.07) is 3.61. The van der Waals surface area contributed by atoms with Crippen LogP contribution in [-0.4, -0.2) is 51.5 Å². The molecule has 172 valence electrons. The normalized spacial score (nSPS) is 19.5. The van der Waals surface area contributed by atoms with Crippen molar-refractivity contribution in [2.75, 3.05) is 25.5 Å². The predicted molar refractivity (Wildman–Crippen MR) is 120 cm³/mol. The van der Waals surface area contributed by atoms with E-state index >= 15 is 0 Å². The second-order valence-corrected chi connectivity index (χ2v) is 8.85. The number of methoxy groups -OCH3 is 1. The summed E-state index contributed by atoms with van der Waals surface area (Å²) in [5, 5.41) is 3.62. The zero-order valence-electron chi connectivity index (χ0n) is 18.9. The molecule has 2 aliphatic heterocycles. The van der Waals surface area contributed by atoms with Gasteiger partial charge in [-0.2, -0.15) is 0 Å². The lowest BCUT2D eigenvalue weighted by Crippen LogP contribution is -2.45. The standard InChI is InChI=1S/C24H26FN5O3/c1-14-18(20-12-33-15(2)28-20)8-16-4-5-24(29-23(16)27-14)6-7-30(13-24)22(31)10-17-9-21(32-3)26-11-19(17)25/h8-9,11-12H,4-7,10,13H2,1-3H3,(H,27,29)/t24-/m0/s1. The van der Waals surface area contributed by atoms with Crippen molar-refractivity contribution in [2.45, 2.75) is 45.1 Å². The van der Waals surface area contributed by atoms with Crippen molar-refractivity contribution >= 4 is 11.7 Å². The van der Waals surface area contributed by atoms with Gasteiger partial charge in [0.25, 0.3) is 0 Å². The zero-order chi connectivity index (χ0) is 23.2. The molecule has 9 heteroatoms. The number of nitrogens with zero attached hydrogens (tertiary/aromatic N) is 4. The Balaban J connectivity index is 1.30. The Morgan fingerprint density at radius 2 is 2.15 bits per heavy atom. The van der Waals surface area contributed by atoms with Crippen LogP contribution in [0.5, 0.6) is 5.88 Å². The number of nitrogens with one attached hydrogen (secondary N) is 1. The lowest BCUT2D eigenvalue weighted by Gasteiger charge is -2.36. The second-order valence-electron chi connectivity index (χ2n) is 8.85. The van der Waals surface area contributed by atoms with Gasteiger partial charge in [-0.25, -0.2) is 19.3 Å². The fourth-order valence-electron chi connectivity index (χ4n) is 4.75. The second kappa shape index (κ2) is 8.13. The molecule has 1 atom stereocenters. The number of amides is 1. The fraction of sp³-hybridized carbons (Fsp3) is 0.417. The first-order valence-electron chi connectivity index (χ1n) is 11.0. The van der Waals surface area contributed by atoms with Crippen LogP contribution < -0.4 is 10.1 Å². The number of pyridine rings is 2. The van der Waals surface area contributed by atoms with Crippen molar-refractivity contribution in [1.29, 1.82) is 0 Å². The van der Waals surface area contributed by atoms with Gasteiger partial charge in [0.2, 0.25) is 11.8 Å². The predicted octanol–water partition coefficient (Wildman–Crippen LogP) is 3.47. The lowest BCUT2D eigenvalue weighted by atomic mass is 9.86. The minimum atomic E-state index is -0.499. The maximum absolute atomic E-state index is 14.1. The van der Waals surface area contributed by atoms with Gasteiger partial charge in [-0.15, -0.1) is 0 Å². The molecule has 3 aromatic heterocycles. The van der Waals surface area contributed by atoms with Gasteiger partial charge in [0.05, 0.1) is 25.3 Å². The van der Waals surface area contributed by atoms with Crippen LogP contribution in [0.2, 0.25) is 0 Å². The molecule has 33 heavy (non-hydrogen) atoms. The summed E-state index contributed by atoms with van der Waals surface area (Å²) >= 11 is 0. The first kappa shape index (κ1) is 21.4. The van der Waals surface area contributed by atoms with Gasteiger partial charge in [0, 0.05) is 42.9 Å². The average molecular weight is 452 g/mol. The van der Waals surface area contributed by atoms with Crippen LogP contribution in [0.3, 0.4) is 0 Å². The van der Waals surface area contributed by atoms with Crippen molar-refractivity contribution in [3.8, 4) is 17.1 Å². The number of rotatable bonds is 4. The van der Waals surface area contributed by atoms with E-state index in [1.54, 1.807) is 6.26 Å². The van der Waals surface area contributed by atoms with Crippen LogP contribution in [0.1, 0.15) is 35.6 Å². The molecule has 1 saturated heterocycles. The summed E-state index contributed by atoms with van der Waals surface area (Å²) in [6.07, 6.45) is 5.31. The molecular weight excluding hydrogens is 425 g/mol. The molecule has 1 amide bonds. The summed E-state index contributed by atoms with van der Waals surface area (Å²) in [5.74, 6) is 1.18. The molecule has 1 N–H and O–H groups in total. The van der Waals surface area contributed by atoms with Crippen molar-refractivity contribution in [1.82, 2.24) is 19.9 Å². The van der Waals surface area contributed by atoms with Crippen LogP contribution in [-0.2, 0) is 17.6 Å². The number of aryl methyl sites for hydroxylation is 3. The highest BCUT2D eigenvalue weighted by Gasteiger charge is 2.42. The highest BCUT2D eigenvalue weighted by molar-refractivity contribution is 5.79. The van der Waals surface area contributed by atoms with Gasteiger partial charge in [0.15, 0.2) is 5.89 Å². The molecule has 0 aliphatic carbocycles. The molecule has 2 aliphatic rings. The lowest BCUT2D eigenvalue weighted by molar-refractivity contribution is -0.129. The van der Waals surface area contributed by atoms with Crippen molar-refractivity contribution in [2.24, 2.45) is 0 Å². The molecule has 5 rings (SSSR count). The molecule has 3 aromatic rings. The summed E-state index contributed by atoms with van der Waals surface area (Å²) in [7, 11) is 1.47. The maximum Gasteiger partial charge on any atom is 0.227 e. The van der Waals surface area contributed by atoms with E-state index in [0.717, 1.165) is 53.8 Å². The number of aromatic nitrogens is 3. The number of halogens is 1. The topological polar surface area (TPSA) is 93.4 Å². The highest BCUT2D eigenvalue weighted by atomic mass is 19.1. The van der Waals surface area contributed by atoms with Crippen molar-refractivity contribution in [3.05, 3.63) is 53.1 Å². The molecule has 5 heterocycles. The number of fused-ring (bicyclic) bond motifs is 1. The minimum absolute atomic E-state index is 0.0186. The van der Waals surface area contributed by atoms with Gasteiger partial charge in [-0.1, -0.05) is 0 Å². The number of carbonyl (C=O) groups excluding carboxylic acids is 1. The first-order valence-corrected chi connectivity index (χ1v) is 11.0. The van der Waals surface area contributed by atoms with Gasteiger partial charge >= 0.3 is 0 Å². The largest absolute Gasteiger partial charge is 0.481 e. The van der Waals surface area contributed by atoms with Crippen LogP contribution >= 0.6 is 0 Å².